The third kappa shape index (κ3) is 3.90. The average Bonchev–Trinajstić information content (AvgIpc) is 2.76. The van der Waals surface area contributed by atoms with Crippen molar-refractivity contribution in [2.45, 2.75) is 13.8 Å². The Morgan fingerprint density at radius 1 is 1.42 bits per heavy atom. The summed E-state index contributed by atoms with van der Waals surface area (Å²) in [5, 5.41) is 12.2. The molecule has 1 heterocycles. The monoisotopic (exact) mass is 297 g/mol. The number of rotatable bonds is 4. The van der Waals surface area contributed by atoms with Crippen LogP contribution in [0.25, 0.3) is 0 Å². The Morgan fingerprint density at radius 3 is 2.84 bits per heavy atom. The van der Waals surface area contributed by atoms with Crippen LogP contribution >= 0.6 is 22.9 Å². The molecule has 1 aromatic heterocycles. The highest BCUT2D eigenvalue weighted by Crippen LogP contribution is 2.21. The van der Waals surface area contributed by atoms with Crippen molar-refractivity contribution in [3.8, 4) is 5.75 Å². The maximum absolute atomic E-state index is 11.6. The van der Waals surface area contributed by atoms with Crippen LogP contribution in [0.3, 0.4) is 0 Å². The van der Waals surface area contributed by atoms with E-state index in [0.29, 0.717) is 15.9 Å². The van der Waals surface area contributed by atoms with Crippen molar-refractivity contribution < 1.29 is 9.53 Å². The van der Waals surface area contributed by atoms with Gasteiger partial charge in [-0.1, -0.05) is 22.9 Å². The molecule has 0 aliphatic carbocycles. The van der Waals surface area contributed by atoms with E-state index in [0.717, 1.165) is 10.6 Å². The minimum atomic E-state index is -0.274. The van der Waals surface area contributed by atoms with E-state index in [-0.39, 0.29) is 12.5 Å². The number of aryl methyl sites for hydroxylation is 2. The summed E-state index contributed by atoms with van der Waals surface area (Å²) < 4.78 is 5.37. The molecule has 0 spiro atoms. The fraction of sp³-hybridized carbons (Fsp3) is 0.250. The molecule has 0 bridgehead atoms. The minimum absolute atomic E-state index is 0.0836. The molecule has 0 saturated carbocycles. The second kappa shape index (κ2) is 5.99. The maximum Gasteiger partial charge on any atom is 0.264 e. The molecule has 0 atom stereocenters. The van der Waals surface area contributed by atoms with Gasteiger partial charge in [0.1, 0.15) is 10.8 Å². The van der Waals surface area contributed by atoms with Crippen molar-refractivity contribution in [2.75, 3.05) is 11.9 Å². The number of carbonyl (C=O) groups excluding carboxylic acids is 1. The number of nitrogens with zero attached hydrogens (tertiary/aromatic N) is 2. The van der Waals surface area contributed by atoms with E-state index in [2.05, 4.69) is 15.5 Å². The molecule has 0 fully saturated rings. The average molecular weight is 298 g/mol. The molecular weight excluding hydrogens is 286 g/mol. The van der Waals surface area contributed by atoms with Crippen molar-refractivity contribution in [3.05, 3.63) is 33.8 Å². The first-order valence-electron chi connectivity index (χ1n) is 5.53. The second-order valence-corrected chi connectivity index (χ2v) is 5.46. The van der Waals surface area contributed by atoms with Crippen molar-refractivity contribution >= 4 is 34.0 Å². The lowest BCUT2D eigenvalue weighted by atomic mass is 10.2. The van der Waals surface area contributed by atoms with Gasteiger partial charge in [0.25, 0.3) is 5.91 Å². The minimum Gasteiger partial charge on any atom is -0.484 e. The van der Waals surface area contributed by atoms with Gasteiger partial charge in [-0.25, -0.2) is 0 Å². The quantitative estimate of drug-likeness (QED) is 0.942. The van der Waals surface area contributed by atoms with E-state index in [4.69, 9.17) is 16.3 Å². The molecule has 19 heavy (non-hydrogen) atoms. The van der Waals surface area contributed by atoms with Gasteiger partial charge in [0.05, 0.1) is 0 Å². The van der Waals surface area contributed by atoms with Crippen LogP contribution in [0.5, 0.6) is 5.75 Å². The molecule has 0 radical (unpaired) electrons. The van der Waals surface area contributed by atoms with Crippen LogP contribution in [0.4, 0.5) is 5.13 Å². The van der Waals surface area contributed by atoms with Crippen LogP contribution < -0.4 is 10.1 Å². The van der Waals surface area contributed by atoms with Gasteiger partial charge in [0.2, 0.25) is 5.13 Å². The molecule has 0 aliphatic rings. The molecule has 0 aliphatic heterocycles. The fourth-order valence-corrected chi connectivity index (χ4v) is 2.08. The van der Waals surface area contributed by atoms with E-state index in [1.54, 1.807) is 18.2 Å². The van der Waals surface area contributed by atoms with Gasteiger partial charge in [-0.3, -0.25) is 10.1 Å². The van der Waals surface area contributed by atoms with Gasteiger partial charge in [-0.05, 0) is 37.6 Å². The van der Waals surface area contributed by atoms with Gasteiger partial charge >= 0.3 is 0 Å². The van der Waals surface area contributed by atoms with Crippen LogP contribution in [-0.2, 0) is 4.79 Å². The molecule has 100 valence electrons. The van der Waals surface area contributed by atoms with Crippen molar-refractivity contribution in [1.29, 1.82) is 0 Å². The van der Waals surface area contributed by atoms with Gasteiger partial charge in [-0.2, -0.15) is 0 Å². The number of carbonyl (C=O) groups is 1. The Labute approximate surface area is 119 Å². The van der Waals surface area contributed by atoms with Gasteiger partial charge in [-0.15, -0.1) is 10.2 Å². The molecule has 5 nitrogen and oxygen atoms in total. The lowest BCUT2D eigenvalue weighted by molar-refractivity contribution is -0.118. The fourth-order valence-electron chi connectivity index (χ4n) is 1.36. The highest BCUT2D eigenvalue weighted by Gasteiger charge is 2.07. The zero-order valence-corrected chi connectivity index (χ0v) is 12.0. The topological polar surface area (TPSA) is 64.1 Å². The predicted molar refractivity (Wildman–Crippen MR) is 75.0 cm³/mol. The van der Waals surface area contributed by atoms with E-state index in [1.807, 2.05) is 13.8 Å². The van der Waals surface area contributed by atoms with Crippen molar-refractivity contribution in [3.63, 3.8) is 0 Å². The molecule has 1 aromatic carbocycles. The summed E-state index contributed by atoms with van der Waals surface area (Å²) >= 11 is 7.22. The summed E-state index contributed by atoms with van der Waals surface area (Å²) in [6, 6.07) is 5.24. The predicted octanol–water partition coefficient (Wildman–Crippen LogP) is 2.83. The molecule has 0 saturated heterocycles. The Balaban J connectivity index is 1.88. The highest BCUT2D eigenvalue weighted by molar-refractivity contribution is 7.15. The molecule has 0 unspecified atom stereocenters. The number of hydrogen-bond acceptors (Lipinski definition) is 5. The molecule has 2 rings (SSSR count). The summed E-state index contributed by atoms with van der Waals surface area (Å²) in [7, 11) is 0. The van der Waals surface area contributed by atoms with E-state index >= 15 is 0 Å². The van der Waals surface area contributed by atoms with Crippen molar-refractivity contribution in [1.82, 2.24) is 10.2 Å². The molecule has 2 aromatic rings. The normalized spacial score (nSPS) is 10.3. The number of benzene rings is 1. The van der Waals surface area contributed by atoms with Crippen LogP contribution in [0, 0.1) is 13.8 Å². The standard InChI is InChI=1S/C12H12ClN3O2S/c1-7-5-9(3-4-10(7)13)18-6-11(17)14-12-16-15-8(2)19-12/h3-5H,6H2,1-2H3,(H,14,16,17). The third-order valence-electron chi connectivity index (χ3n) is 2.27. The number of aromatic nitrogens is 2. The molecule has 1 N–H and O–H groups in total. The largest absolute Gasteiger partial charge is 0.484 e. The van der Waals surface area contributed by atoms with Crippen LogP contribution in [0.2, 0.25) is 5.02 Å². The summed E-state index contributed by atoms with van der Waals surface area (Å²) in [4.78, 5) is 11.6. The number of anilines is 1. The summed E-state index contributed by atoms with van der Waals surface area (Å²) in [6.45, 7) is 3.61. The smallest absolute Gasteiger partial charge is 0.264 e. The first-order valence-corrected chi connectivity index (χ1v) is 6.73. The number of halogens is 1. The lowest BCUT2D eigenvalue weighted by Gasteiger charge is -2.07. The Hall–Kier alpha value is -1.66. The first-order chi connectivity index (χ1) is 9.04. The zero-order chi connectivity index (χ0) is 13.8. The first kappa shape index (κ1) is 13.8. The number of ether oxygens (including phenoxy) is 1. The molecule has 1 amide bonds. The SMILES string of the molecule is Cc1nnc(NC(=O)COc2ccc(Cl)c(C)c2)s1. The van der Waals surface area contributed by atoms with Crippen molar-refractivity contribution in [2.24, 2.45) is 0 Å². The van der Waals surface area contributed by atoms with E-state index in [9.17, 15) is 4.79 Å². The van der Waals surface area contributed by atoms with Gasteiger partial charge in [0, 0.05) is 5.02 Å². The van der Waals surface area contributed by atoms with Crippen LogP contribution in [0.1, 0.15) is 10.6 Å². The van der Waals surface area contributed by atoms with Gasteiger partial charge < -0.3 is 4.74 Å². The second-order valence-electron chi connectivity index (χ2n) is 3.87. The molecule has 7 heteroatoms. The summed E-state index contributed by atoms with van der Waals surface area (Å²) in [6.07, 6.45) is 0. The number of hydrogen-bond donors (Lipinski definition) is 1. The molecular formula is C12H12ClN3O2S. The van der Waals surface area contributed by atoms with Gasteiger partial charge in [0.15, 0.2) is 6.61 Å². The van der Waals surface area contributed by atoms with Crippen LogP contribution in [-0.4, -0.2) is 22.7 Å². The highest BCUT2D eigenvalue weighted by atomic mass is 35.5. The number of nitrogens with one attached hydrogen (secondary N) is 1. The maximum atomic E-state index is 11.6. The third-order valence-corrected chi connectivity index (χ3v) is 3.45. The Bertz CT molecular complexity index is 600. The Kier molecular flexibility index (Phi) is 4.34. The summed E-state index contributed by atoms with van der Waals surface area (Å²) in [5.41, 5.74) is 0.902. The Morgan fingerprint density at radius 2 is 2.21 bits per heavy atom. The van der Waals surface area contributed by atoms with E-state index in [1.165, 1.54) is 11.3 Å². The summed E-state index contributed by atoms with van der Waals surface area (Å²) in [5.74, 6) is 0.328. The van der Waals surface area contributed by atoms with Crippen LogP contribution in [0.15, 0.2) is 18.2 Å². The number of amides is 1. The van der Waals surface area contributed by atoms with E-state index < -0.39 is 0 Å². The lowest BCUT2D eigenvalue weighted by Crippen LogP contribution is -2.20. The zero-order valence-electron chi connectivity index (χ0n) is 10.4.